The van der Waals surface area contributed by atoms with Crippen molar-refractivity contribution in [2.75, 3.05) is 0 Å². The number of hydrogen-bond donors (Lipinski definition) is 0. The zero-order valence-electron chi connectivity index (χ0n) is 5.95. The first kappa shape index (κ1) is 6.61. The Morgan fingerprint density at radius 1 is 1.55 bits per heavy atom. The number of rotatable bonds is 0. The van der Waals surface area contributed by atoms with Crippen molar-refractivity contribution < 1.29 is 0 Å². The maximum atomic E-state index is 5.79. The molecular weight excluding hydrogens is 162 g/mol. The van der Waals surface area contributed by atoms with Gasteiger partial charge in [0.25, 0.3) is 0 Å². The summed E-state index contributed by atoms with van der Waals surface area (Å²) in [5.41, 5.74) is 1.89. The van der Waals surface area contributed by atoms with Gasteiger partial charge in [0, 0.05) is 6.20 Å². The molecule has 0 aliphatic rings. The molecule has 2 aromatic rings. The predicted octanol–water partition coefficient (Wildman–Crippen LogP) is 1.69. The standard InChI is InChI=1S/C7H6ClN3/c1-5-2-6(8)3-11-7(5)9-4-10-11/h2-4H,1H3. The van der Waals surface area contributed by atoms with Gasteiger partial charge in [-0.25, -0.2) is 9.50 Å². The minimum absolute atomic E-state index is 0.681. The number of nitrogens with zero attached hydrogens (tertiary/aromatic N) is 3. The maximum Gasteiger partial charge on any atom is 0.158 e. The van der Waals surface area contributed by atoms with Gasteiger partial charge in [0.15, 0.2) is 5.65 Å². The van der Waals surface area contributed by atoms with Crippen LogP contribution in [0.4, 0.5) is 0 Å². The second kappa shape index (κ2) is 2.20. The van der Waals surface area contributed by atoms with Gasteiger partial charge >= 0.3 is 0 Å². The van der Waals surface area contributed by atoms with E-state index in [1.54, 1.807) is 10.7 Å². The van der Waals surface area contributed by atoms with Crippen molar-refractivity contribution >= 4 is 17.2 Å². The highest BCUT2D eigenvalue weighted by atomic mass is 35.5. The molecule has 0 fully saturated rings. The van der Waals surface area contributed by atoms with Gasteiger partial charge in [0.2, 0.25) is 0 Å². The Kier molecular flexibility index (Phi) is 1.32. The summed E-state index contributed by atoms with van der Waals surface area (Å²) in [6, 6.07) is 1.87. The SMILES string of the molecule is Cc1cc(Cl)cn2ncnc12. The van der Waals surface area contributed by atoms with Gasteiger partial charge in [-0.05, 0) is 18.6 Å². The van der Waals surface area contributed by atoms with E-state index < -0.39 is 0 Å². The molecule has 0 spiro atoms. The van der Waals surface area contributed by atoms with Crippen molar-refractivity contribution in [1.82, 2.24) is 14.6 Å². The van der Waals surface area contributed by atoms with Crippen LogP contribution in [0, 0.1) is 6.92 Å². The van der Waals surface area contributed by atoms with E-state index in [4.69, 9.17) is 11.6 Å². The van der Waals surface area contributed by atoms with Crippen molar-refractivity contribution in [3.63, 3.8) is 0 Å². The van der Waals surface area contributed by atoms with E-state index >= 15 is 0 Å². The molecule has 2 aromatic heterocycles. The van der Waals surface area contributed by atoms with Crippen LogP contribution < -0.4 is 0 Å². The molecule has 0 aromatic carbocycles. The van der Waals surface area contributed by atoms with Crippen LogP contribution in [0.1, 0.15) is 5.56 Å². The van der Waals surface area contributed by atoms with Crippen LogP contribution in [0.5, 0.6) is 0 Å². The summed E-state index contributed by atoms with van der Waals surface area (Å²) in [5.74, 6) is 0. The Hall–Kier alpha value is -1.09. The fraction of sp³-hybridized carbons (Fsp3) is 0.143. The van der Waals surface area contributed by atoms with Crippen LogP contribution in [0.15, 0.2) is 18.6 Å². The first-order chi connectivity index (χ1) is 5.27. The third-order valence-corrected chi connectivity index (χ3v) is 1.73. The van der Waals surface area contributed by atoms with Crippen molar-refractivity contribution in [3.05, 3.63) is 29.2 Å². The Bertz CT molecular complexity index is 393. The van der Waals surface area contributed by atoms with E-state index in [-0.39, 0.29) is 0 Å². The normalized spacial score (nSPS) is 10.7. The highest BCUT2D eigenvalue weighted by molar-refractivity contribution is 6.30. The van der Waals surface area contributed by atoms with Crippen LogP contribution in [-0.2, 0) is 0 Å². The van der Waals surface area contributed by atoms with Crippen molar-refractivity contribution in [2.45, 2.75) is 6.92 Å². The monoisotopic (exact) mass is 167 g/mol. The molecular formula is C7H6ClN3. The summed E-state index contributed by atoms with van der Waals surface area (Å²) in [5, 5.41) is 4.64. The molecule has 0 aliphatic carbocycles. The molecule has 0 radical (unpaired) electrons. The second-order valence-corrected chi connectivity index (χ2v) is 2.81. The molecule has 0 bridgehead atoms. The predicted molar refractivity (Wildman–Crippen MR) is 42.7 cm³/mol. The Labute approximate surface area is 68.6 Å². The fourth-order valence-electron chi connectivity index (χ4n) is 1.05. The zero-order valence-corrected chi connectivity index (χ0v) is 6.71. The molecule has 2 heterocycles. The summed E-state index contributed by atoms with van der Waals surface area (Å²) >= 11 is 5.79. The molecule has 3 nitrogen and oxygen atoms in total. The Balaban J connectivity index is 2.91. The summed E-state index contributed by atoms with van der Waals surface area (Å²) in [6.45, 7) is 1.95. The van der Waals surface area contributed by atoms with Crippen LogP contribution >= 0.6 is 11.6 Å². The molecule has 0 atom stereocenters. The number of aromatic nitrogens is 3. The molecule has 2 rings (SSSR count). The van der Waals surface area contributed by atoms with E-state index in [2.05, 4.69) is 10.1 Å². The van der Waals surface area contributed by atoms with Crippen molar-refractivity contribution in [3.8, 4) is 0 Å². The van der Waals surface area contributed by atoms with Gasteiger partial charge in [-0.15, -0.1) is 0 Å². The lowest BCUT2D eigenvalue weighted by Crippen LogP contribution is -1.88. The second-order valence-electron chi connectivity index (χ2n) is 2.37. The topological polar surface area (TPSA) is 30.2 Å². The van der Waals surface area contributed by atoms with Crippen molar-refractivity contribution in [1.29, 1.82) is 0 Å². The summed E-state index contributed by atoms with van der Waals surface area (Å²) in [7, 11) is 0. The number of halogens is 1. The van der Waals surface area contributed by atoms with Gasteiger partial charge in [-0.2, -0.15) is 5.10 Å². The van der Waals surface area contributed by atoms with E-state index in [0.29, 0.717) is 5.02 Å². The van der Waals surface area contributed by atoms with Crippen LogP contribution in [-0.4, -0.2) is 14.6 Å². The number of hydrogen-bond acceptors (Lipinski definition) is 2. The lowest BCUT2D eigenvalue weighted by atomic mass is 10.3. The van der Waals surface area contributed by atoms with E-state index in [1.807, 2.05) is 13.0 Å². The van der Waals surface area contributed by atoms with Crippen molar-refractivity contribution in [2.24, 2.45) is 0 Å². The molecule has 11 heavy (non-hydrogen) atoms. The lowest BCUT2D eigenvalue weighted by Gasteiger charge is -1.95. The Morgan fingerprint density at radius 3 is 3.18 bits per heavy atom. The average molecular weight is 168 g/mol. The van der Waals surface area contributed by atoms with Crippen LogP contribution in [0.25, 0.3) is 5.65 Å². The minimum atomic E-state index is 0.681. The first-order valence-corrected chi connectivity index (χ1v) is 3.60. The molecule has 0 N–H and O–H groups in total. The van der Waals surface area contributed by atoms with Crippen LogP contribution in [0.2, 0.25) is 5.02 Å². The lowest BCUT2D eigenvalue weighted by molar-refractivity contribution is 0.956. The van der Waals surface area contributed by atoms with Gasteiger partial charge < -0.3 is 0 Å². The first-order valence-electron chi connectivity index (χ1n) is 3.23. The molecule has 0 unspecified atom stereocenters. The molecule has 4 heteroatoms. The molecule has 0 aliphatic heterocycles. The van der Waals surface area contributed by atoms with Gasteiger partial charge in [-0.3, -0.25) is 0 Å². The highest BCUT2D eigenvalue weighted by Gasteiger charge is 1.99. The van der Waals surface area contributed by atoms with Gasteiger partial charge in [0.05, 0.1) is 5.02 Å². The molecule has 0 saturated heterocycles. The van der Waals surface area contributed by atoms with E-state index in [1.165, 1.54) is 6.33 Å². The van der Waals surface area contributed by atoms with Crippen LogP contribution in [0.3, 0.4) is 0 Å². The number of pyridine rings is 1. The molecule has 56 valence electrons. The third-order valence-electron chi connectivity index (χ3n) is 1.53. The summed E-state index contributed by atoms with van der Waals surface area (Å²) in [4.78, 5) is 4.05. The summed E-state index contributed by atoms with van der Waals surface area (Å²) in [6.07, 6.45) is 3.25. The third kappa shape index (κ3) is 0.973. The van der Waals surface area contributed by atoms with Gasteiger partial charge in [0.1, 0.15) is 6.33 Å². The molecule has 0 saturated carbocycles. The smallest absolute Gasteiger partial charge is 0.158 e. The summed E-state index contributed by atoms with van der Waals surface area (Å²) < 4.78 is 1.66. The fourth-order valence-corrected chi connectivity index (χ4v) is 1.31. The Morgan fingerprint density at radius 2 is 2.36 bits per heavy atom. The maximum absolute atomic E-state index is 5.79. The number of fused-ring (bicyclic) bond motifs is 1. The number of aryl methyl sites for hydroxylation is 1. The zero-order chi connectivity index (χ0) is 7.84. The average Bonchev–Trinajstić information content (AvgIpc) is 2.34. The molecule has 0 amide bonds. The quantitative estimate of drug-likeness (QED) is 0.598. The van der Waals surface area contributed by atoms with E-state index in [0.717, 1.165) is 11.2 Å². The largest absolute Gasteiger partial charge is 0.219 e. The van der Waals surface area contributed by atoms with Gasteiger partial charge in [-0.1, -0.05) is 11.6 Å². The van der Waals surface area contributed by atoms with E-state index in [9.17, 15) is 0 Å². The minimum Gasteiger partial charge on any atom is -0.219 e. The highest BCUT2D eigenvalue weighted by Crippen LogP contribution is 2.13.